The van der Waals surface area contributed by atoms with Gasteiger partial charge in [-0.2, -0.15) is 0 Å². The molecule has 2 heterocycles. The Morgan fingerprint density at radius 2 is 1.96 bits per heavy atom. The number of benzene rings is 2. The summed E-state index contributed by atoms with van der Waals surface area (Å²) in [5, 5.41) is 4.06. The first-order valence-corrected chi connectivity index (χ1v) is 9.85. The fourth-order valence-corrected chi connectivity index (χ4v) is 4.65. The Kier molecular flexibility index (Phi) is 4.86. The minimum absolute atomic E-state index is 0.217. The summed E-state index contributed by atoms with van der Waals surface area (Å²) in [4.78, 5) is 9.83. The highest BCUT2D eigenvalue weighted by molar-refractivity contribution is 7.98. The molecule has 2 aromatic carbocycles. The molecule has 4 aromatic rings. The zero-order valence-electron chi connectivity index (χ0n) is 14.0. The molecule has 0 saturated carbocycles. The highest BCUT2D eigenvalue weighted by Crippen LogP contribution is 2.39. The molecule has 0 aliphatic carbocycles. The summed E-state index contributed by atoms with van der Waals surface area (Å²) in [6.07, 6.45) is 1.59. The summed E-state index contributed by atoms with van der Waals surface area (Å²) < 4.78 is 18.6. The topological polar surface area (TPSA) is 35.0 Å². The average molecular weight is 382 g/mol. The van der Waals surface area contributed by atoms with Gasteiger partial charge in [0.25, 0.3) is 0 Å². The maximum atomic E-state index is 13.4. The molecule has 0 fully saturated rings. The molecule has 26 heavy (non-hydrogen) atoms. The van der Waals surface area contributed by atoms with Crippen LogP contribution in [0.3, 0.4) is 0 Å². The van der Waals surface area contributed by atoms with E-state index in [9.17, 15) is 4.39 Å². The predicted molar refractivity (Wildman–Crippen MR) is 105 cm³/mol. The van der Waals surface area contributed by atoms with Gasteiger partial charge >= 0.3 is 0 Å². The van der Waals surface area contributed by atoms with E-state index < -0.39 is 0 Å². The number of halogens is 1. The molecule has 0 radical (unpaired) electrons. The largest absolute Gasteiger partial charge is 0.497 e. The number of hydrogen-bond donors (Lipinski definition) is 0. The highest BCUT2D eigenvalue weighted by atomic mass is 32.2. The third-order valence-corrected chi connectivity index (χ3v) is 5.95. The van der Waals surface area contributed by atoms with Gasteiger partial charge in [0.1, 0.15) is 27.8 Å². The van der Waals surface area contributed by atoms with Crippen LogP contribution >= 0.6 is 23.1 Å². The van der Waals surface area contributed by atoms with Crippen molar-refractivity contribution in [2.75, 3.05) is 7.11 Å². The number of thiophene rings is 1. The first-order valence-electron chi connectivity index (χ1n) is 7.98. The number of hydrogen-bond acceptors (Lipinski definition) is 5. The van der Waals surface area contributed by atoms with Crippen LogP contribution in [0.5, 0.6) is 5.75 Å². The number of aromatic nitrogens is 2. The summed E-state index contributed by atoms with van der Waals surface area (Å²) in [6.45, 7) is 0. The smallest absolute Gasteiger partial charge is 0.128 e. The predicted octanol–water partition coefficient (Wildman–Crippen LogP) is 5.80. The Morgan fingerprint density at radius 3 is 2.73 bits per heavy atom. The lowest BCUT2D eigenvalue weighted by Crippen LogP contribution is -1.88. The molecule has 0 spiro atoms. The molecule has 0 saturated heterocycles. The Bertz CT molecular complexity index is 1050. The number of nitrogens with zero attached hydrogens (tertiary/aromatic N) is 2. The van der Waals surface area contributed by atoms with Crippen molar-refractivity contribution in [1.82, 2.24) is 9.97 Å². The number of ether oxygens (including phenoxy) is 1. The van der Waals surface area contributed by atoms with Crippen LogP contribution in [0.2, 0.25) is 0 Å². The zero-order chi connectivity index (χ0) is 17.9. The Labute approximate surface area is 158 Å². The van der Waals surface area contributed by atoms with Gasteiger partial charge in [0.2, 0.25) is 0 Å². The normalized spacial score (nSPS) is 11.0. The van der Waals surface area contributed by atoms with Gasteiger partial charge in [0, 0.05) is 16.7 Å². The summed E-state index contributed by atoms with van der Waals surface area (Å²) in [5.74, 6) is 1.26. The number of thioether (sulfide) groups is 1. The molecule has 3 nitrogen and oxygen atoms in total. The van der Waals surface area contributed by atoms with Crippen molar-refractivity contribution in [2.24, 2.45) is 0 Å². The molecule has 0 aliphatic heterocycles. The second-order valence-electron chi connectivity index (χ2n) is 5.66. The number of fused-ring (bicyclic) bond motifs is 1. The van der Waals surface area contributed by atoms with Gasteiger partial charge in [0.05, 0.1) is 12.5 Å². The Morgan fingerprint density at radius 1 is 1.12 bits per heavy atom. The fraction of sp³-hybridized carbons (Fsp3) is 0.100. The third kappa shape index (κ3) is 3.43. The Hall–Kier alpha value is -2.44. The van der Waals surface area contributed by atoms with Crippen molar-refractivity contribution in [3.63, 3.8) is 0 Å². The standard InChI is InChI=1S/C20H15FN2OS2/c1-24-16-7-5-14(6-8-16)17-11-26-20-18(17)19(22-12-23-20)25-10-13-3-2-4-15(21)9-13/h2-9,11-12H,10H2,1H3. The van der Waals surface area contributed by atoms with Crippen LogP contribution in [0.4, 0.5) is 4.39 Å². The van der Waals surface area contributed by atoms with E-state index in [1.54, 1.807) is 48.7 Å². The SMILES string of the molecule is COc1ccc(-c2csc3ncnc(SCc4cccc(F)c4)c23)cc1. The van der Waals surface area contributed by atoms with Crippen LogP contribution in [-0.4, -0.2) is 17.1 Å². The molecule has 4 rings (SSSR count). The minimum atomic E-state index is -0.217. The van der Waals surface area contributed by atoms with Gasteiger partial charge in [-0.15, -0.1) is 23.1 Å². The molecule has 0 atom stereocenters. The molecule has 0 bridgehead atoms. The quantitative estimate of drug-likeness (QED) is 0.323. The first-order chi connectivity index (χ1) is 12.7. The van der Waals surface area contributed by atoms with Gasteiger partial charge < -0.3 is 4.74 Å². The van der Waals surface area contributed by atoms with E-state index in [4.69, 9.17) is 4.74 Å². The van der Waals surface area contributed by atoms with Crippen LogP contribution < -0.4 is 4.74 Å². The number of rotatable bonds is 5. The van der Waals surface area contributed by atoms with Crippen LogP contribution in [0.15, 0.2) is 65.3 Å². The van der Waals surface area contributed by atoms with Gasteiger partial charge in [-0.3, -0.25) is 0 Å². The van der Waals surface area contributed by atoms with E-state index in [-0.39, 0.29) is 5.82 Å². The van der Waals surface area contributed by atoms with E-state index >= 15 is 0 Å². The molecule has 0 amide bonds. The molecule has 0 unspecified atom stereocenters. The summed E-state index contributed by atoms with van der Waals surface area (Å²) in [7, 11) is 1.66. The molecular weight excluding hydrogens is 367 g/mol. The van der Waals surface area contributed by atoms with E-state index in [2.05, 4.69) is 15.3 Å². The molecule has 2 aromatic heterocycles. The van der Waals surface area contributed by atoms with Crippen molar-refractivity contribution >= 4 is 33.3 Å². The van der Waals surface area contributed by atoms with Crippen LogP contribution in [0.25, 0.3) is 21.3 Å². The minimum Gasteiger partial charge on any atom is -0.497 e. The van der Waals surface area contributed by atoms with Crippen LogP contribution in [0.1, 0.15) is 5.56 Å². The molecule has 0 aliphatic rings. The number of methoxy groups -OCH3 is 1. The molecule has 6 heteroatoms. The molecular formula is C20H15FN2OS2. The van der Waals surface area contributed by atoms with Crippen LogP contribution in [-0.2, 0) is 5.75 Å². The first kappa shape index (κ1) is 17.0. The highest BCUT2D eigenvalue weighted by Gasteiger charge is 2.14. The second-order valence-corrected chi connectivity index (χ2v) is 7.48. The zero-order valence-corrected chi connectivity index (χ0v) is 15.6. The van der Waals surface area contributed by atoms with Crippen molar-refractivity contribution < 1.29 is 9.13 Å². The average Bonchev–Trinajstić information content (AvgIpc) is 3.11. The third-order valence-electron chi connectivity index (χ3n) is 4.00. The lowest BCUT2D eigenvalue weighted by Gasteiger charge is -2.06. The van der Waals surface area contributed by atoms with Crippen LogP contribution in [0, 0.1) is 5.82 Å². The maximum absolute atomic E-state index is 13.4. The summed E-state index contributed by atoms with van der Waals surface area (Å²) in [5.41, 5.74) is 3.14. The Balaban J connectivity index is 1.69. The van der Waals surface area contributed by atoms with E-state index in [1.807, 2.05) is 30.3 Å². The lowest BCUT2D eigenvalue weighted by molar-refractivity contribution is 0.415. The monoisotopic (exact) mass is 382 g/mol. The van der Waals surface area contributed by atoms with Crippen molar-refractivity contribution in [2.45, 2.75) is 10.8 Å². The van der Waals surface area contributed by atoms with Gasteiger partial charge in [-0.1, -0.05) is 24.3 Å². The molecule has 130 valence electrons. The maximum Gasteiger partial charge on any atom is 0.128 e. The van der Waals surface area contributed by atoms with E-state index in [0.29, 0.717) is 5.75 Å². The summed E-state index contributed by atoms with van der Waals surface area (Å²) in [6, 6.07) is 14.6. The van der Waals surface area contributed by atoms with Crippen molar-refractivity contribution in [3.05, 3.63) is 71.6 Å². The van der Waals surface area contributed by atoms with Gasteiger partial charge in [-0.25, -0.2) is 14.4 Å². The van der Waals surface area contributed by atoms with E-state index in [0.717, 1.165) is 37.7 Å². The van der Waals surface area contributed by atoms with Gasteiger partial charge in [0.15, 0.2) is 0 Å². The summed E-state index contributed by atoms with van der Waals surface area (Å²) >= 11 is 3.20. The van der Waals surface area contributed by atoms with Crippen molar-refractivity contribution in [1.29, 1.82) is 0 Å². The van der Waals surface area contributed by atoms with Crippen molar-refractivity contribution in [3.8, 4) is 16.9 Å². The second kappa shape index (κ2) is 7.43. The van der Waals surface area contributed by atoms with Gasteiger partial charge in [-0.05, 0) is 35.4 Å². The van der Waals surface area contributed by atoms with E-state index in [1.165, 1.54) is 6.07 Å². The fourth-order valence-electron chi connectivity index (χ4n) is 2.72. The molecule has 0 N–H and O–H groups in total. The lowest BCUT2D eigenvalue weighted by atomic mass is 10.1.